The van der Waals surface area contributed by atoms with Gasteiger partial charge >= 0.3 is 5.97 Å². The van der Waals surface area contributed by atoms with E-state index >= 15 is 0 Å². The topological polar surface area (TPSA) is 38.3 Å². The third-order valence-electron chi connectivity index (χ3n) is 4.67. The number of hydrogen-bond acceptors (Lipinski definition) is 3. The summed E-state index contributed by atoms with van der Waals surface area (Å²) in [6.45, 7) is 10.0. The zero-order valence-corrected chi connectivity index (χ0v) is 13.3. The number of hydrogen-bond donors (Lipinski definition) is 1. The Kier molecular flexibility index (Phi) is 5.84. The number of nitrogens with one attached hydrogen (secondary N) is 1. The molecule has 0 heterocycles. The van der Waals surface area contributed by atoms with E-state index in [0.29, 0.717) is 11.8 Å². The molecule has 3 heteroatoms. The zero-order chi connectivity index (χ0) is 14.5. The van der Waals surface area contributed by atoms with Crippen LogP contribution in [0.25, 0.3) is 0 Å². The Labute approximate surface area is 118 Å². The predicted molar refractivity (Wildman–Crippen MR) is 79.1 cm³/mol. The Bertz CT molecular complexity index is 296. The van der Waals surface area contributed by atoms with Crippen LogP contribution in [-0.4, -0.2) is 25.2 Å². The van der Waals surface area contributed by atoms with E-state index in [1.807, 2.05) is 0 Å². The molecule has 1 aliphatic carbocycles. The molecule has 0 aliphatic heterocycles. The van der Waals surface area contributed by atoms with Crippen LogP contribution in [0.5, 0.6) is 0 Å². The highest BCUT2D eigenvalue weighted by Gasteiger charge is 2.37. The van der Waals surface area contributed by atoms with Gasteiger partial charge in [0.25, 0.3) is 0 Å². The summed E-state index contributed by atoms with van der Waals surface area (Å²) in [5.41, 5.74) is 0.329. The molecule has 112 valence electrons. The number of methoxy groups -OCH3 is 1. The van der Waals surface area contributed by atoms with Gasteiger partial charge in [-0.3, -0.25) is 4.79 Å². The Morgan fingerprint density at radius 1 is 1.32 bits per heavy atom. The third kappa shape index (κ3) is 4.79. The maximum atomic E-state index is 11.7. The van der Waals surface area contributed by atoms with Gasteiger partial charge in [0.2, 0.25) is 0 Å². The summed E-state index contributed by atoms with van der Waals surface area (Å²) >= 11 is 0. The summed E-state index contributed by atoms with van der Waals surface area (Å²) in [4.78, 5) is 11.7. The average Bonchev–Trinajstić information content (AvgIpc) is 2.52. The second kappa shape index (κ2) is 6.74. The van der Waals surface area contributed by atoms with Crippen molar-refractivity contribution in [1.29, 1.82) is 0 Å². The average molecular weight is 269 g/mol. The lowest BCUT2D eigenvalue weighted by Crippen LogP contribution is -2.46. The van der Waals surface area contributed by atoms with Crippen LogP contribution in [0.2, 0.25) is 0 Å². The first-order chi connectivity index (χ1) is 8.83. The molecular formula is C16H31NO2. The number of rotatable bonds is 4. The van der Waals surface area contributed by atoms with Gasteiger partial charge in [0, 0.05) is 5.54 Å². The molecule has 1 aliphatic rings. The van der Waals surface area contributed by atoms with Gasteiger partial charge in [-0.05, 0) is 43.6 Å². The van der Waals surface area contributed by atoms with Crippen LogP contribution in [0.4, 0.5) is 0 Å². The van der Waals surface area contributed by atoms with Crippen molar-refractivity contribution in [3.05, 3.63) is 0 Å². The molecule has 0 aromatic carbocycles. The molecule has 0 bridgehead atoms. The first-order valence-corrected chi connectivity index (χ1v) is 7.65. The van der Waals surface area contributed by atoms with Crippen molar-refractivity contribution in [2.75, 3.05) is 13.7 Å². The van der Waals surface area contributed by atoms with Crippen LogP contribution in [0.15, 0.2) is 0 Å². The SMILES string of the molecule is CCNC1(CC(=O)OC)CCCC(C(C)(C)C)CC1. The van der Waals surface area contributed by atoms with Crippen molar-refractivity contribution in [1.82, 2.24) is 5.32 Å². The Hall–Kier alpha value is -0.570. The van der Waals surface area contributed by atoms with E-state index in [1.165, 1.54) is 26.4 Å². The van der Waals surface area contributed by atoms with E-state index in [0.717, 1.165) is 25.3 Å². The molecule has 19 heavy (non-hydrogen) atoms. The Morgan fingerprint density at radius 3 is 2.53 bits per heavy atom. The summed E-state index contributed by atoms with van der Waals surface area (Å²) in [6.07, 6.45) is 6.35. The largest absolute Gasteiger partial charge is 0.469 e. The molecule has 3 nitrogen and oxygen atoms in total. The monoisotopic (exact) mass is 269 g/mol. The van der Waals surface area contributed by atoms with Crippen LogP contribution in [0, 0.1) is 11.3 Å². The molecule has 0 aromatic rings. The van der Waals surface area contributed by atoms with Gasteiger partial charge in [-0.1, -0.05) is 34.1 Å². The van der Waals surface area contributed by atoms with Crippen molar-refractivity contribution in [2.24, 2.45) is 11.3 Å². The smallest absolute Gasteiger partial charge is 0.307 e. The quantitative estimate of drug-likeness (QED) is 0.627. The molecule has 0 aromatic heterocycles. The molecule has 0 radical (unpaired) electrons. The van der Waals surface area contributed by atoms with Crippen molar-refractivity contribution >= 4 is 5.97 Å². The molecule has 2 unspecified atom stereocenters. The fourth-order valence-corrected chi connectivity index (χ4v) is 3.41. The highest BCUT2D eigenvalue weighted by molar-refractivity contribution is 5.70. The minimum Gasteiger partial charge on any atom is -0.469 e. The molecule has 0 saturated heterocycles. The third-order valence-corrected chi connectivity index (χ3v) is 4.67. The van der Waals surface area contributed by atoms with E-state index in [1.54, 1.807) is 0 Å². The Balaban J connectivity index is 2.75. The number of carbonyl (C=O) groups excluding carboxylic acids is 1. The van der Waals surface area contributed by atoms with Crippen LogP contribution in [-0.2, 0) is 9.53 Å². The van der Waals surface area contributed by atoms with Crippen LogP contribution >= 0.6 is 0 Å². The molecule has 0 amide bonds. The van der Waals surface area contributed by atoms with Gasteiger partial charge in [0.1, 0.15) is 0 Å². The second-order valence-electron chi connectivity index (χ2n) is 7.06. The summed E-state index contributed by atoms with van der Waals surface area (Å²) in [7, 11) is 1.48. The summed E-state index contributed by atoms with van der Waals surface area (Å²) in [5, 5.41) is 3.57. The van der Waals surface area contributed by atoms with Crippen molar-refractivity contribution in [3.63, 3.8) is 0 Å². The molecule has 2 atom stereocenters. The molecule has 1 saturated carbocycles. The lowest BCUT2D eigenvalue weighted by molar-refractivity contribution is -0.142. The van der Waals surface area contributed by atoms with E-state index in [-0.39, 0.29) is 11.5 Å². The van der Waals surface area contributed by atoms with Gasteiger partial charge < -0.3 is 10.1 Å². The zero-order valence-electron chi connectivity index (χ0n) is 13.3. The van der Waals surface area contributed by atoms with Gasteiger partial charge in [-0.25, -0.2) is 0 Å². The summed E-state index contributed by atoms with van der Waals surface area (Å²) < 4.78 is 4.88. The maximum absolute atomic E-state index is 11.7. The molecule has 1 fully saturated rings. The normalized spacial score (nSPS) is 28.8. The van der Waals surface area contributed by atoms with Gasteiger partial charge in [0.15, 0.2) is 0 Å². The fraction of sp³-hybridized carbons (Fsp3) is 0.938. The number of carbonyl (C=O) groups is 1. The van der Waals surface area contributed by atoms with Gasteiger partial charge in [-0.15, -0.1) is 0 Å². The lowest BCUT2D eigenvalue weighted by atomic mass is 9.76. The molecule has 1 rings (SSSR count). The number of ether oxygens (including phenoxy) is 1. The second-order valence-corrected chi connectivity index (χ2v) is 7.06. The van der Waals surface area contributed by atoms with Crippen LogP contribution in [0.1, 0.15) is 66.2 Å². The first-order valence-electron chi connectivity index (χ1n) is 7.65. The summed E-state index contributed by atoms with van der Waals surface area (Å²) in [5.74, 6) is 0.667. The van der Waals surface area contributed by atoms with Crippen LogP contribution < -0.4 is 5.32 Å². The van der Waals surface area contributed by atoms with Gasteiger partial charge in [0.05, 0.1) is 13.5 Å². The van der Waals surface area contributed by atoms with Crippen molar-refractivity contribution in [2.45, 2.75) is 71.8 Å². The highest BCUT2D eigenvalue weighted by atomic mass is 16.5. The van der Waals surface area contributed by atoms with Crippen LogP contribution in [0.3, 0.4) is 0 Å². The lowest BCUT2D eigenvalue weighted by Gasteiger charge is -2.34. The van der Waals surface area contributed by atoms with Crippen molar-refractivity contribution in [3.8, 4) is 0 Å². The van der Waals surface area contributed by atoms with E-state index < -0.39 is 0 Å². The molecule has 1 N–H and O–H groups in total. The summed E-state index contributed by atoms with van der Waals surface area (Å²) in [6, 6.07) is 0. The minimum absolute atomic E-state index is 0.0398. The highest BCUT2D eigenvalue weighted by Crippen LogP contribution is 2.40. The number of esters is 1. The molecular weight excluding hydrogens is 238 g/mol. The van der Waals surface area contributed by atoms with Crippen molar-refractivity contribution < 1.29 is 9.53 Å². The van der Waals surface area contributed by atoms with Gasteiger partial charge in [-0.2, -0.15) is 0 Å². The van der Waals surface area contributed by atoms with E-state index in [2.05, 4.69) is 33.0 Å². The molecule has 0 spiro atoms. The standard InChI is InChI=1S/C16H31NO2/c1-6-17-16(12-14(18)19-5)10-7-8-13(9-11-16)15(2,3)4/h13,17H,6-12H2,1-5H3. The minimum atomic E-state index is -0.0878. The first kappa shape index (κ1) is 16.5. The van der Waals surface area contributed by atoms with E-state index in [4.69, 9.17) is 4.74 Å². The van der Waals surface area contributed by atoms with E-state index in [9.17, 15) is 4.79 Å². The fourth-order valence-electron chi connectivity index (χ4n) is 3.41. The Morgan fingerprint density at radius 2 is 2.00 bits per heavy atom. The maximum Gasteiger partial charge on any atom is 0.307 e. The predicted octanol–water partition coefficient (Wildman–Crippen LogP) is 3.52.